The molecule has 0 fully saturated rings. The van der Waals surface area contributed by atoms with E-state index in [4.69, 9.17) is 0 Å². The second-order valence-electron chi connectivity index (χ2n) is 2.64. The first kappa shape index (κ1) is 9.82. The molecule has 0 N–H and O–H groups in total. The van der Waals surface area contributed by atoms with Gasteiger partial charge in [0.2, 0.25) is 0 Å². The first-order valence-electron chi connectivity index (χ1n) is 3.60. The third-order valence-electron chi connectivity index (χ3n) is 1.71. The number of pyridine rings is 1. The first-order chi connectivity index (χ1) is 5.36. The minimum atomic E-state index is 0. The minimum Gasteiger partial charge on any atom is -0.386 e. The van der Waals surface area contributed by atoms with Crippen LogP contribution in [0.4, 0.5) is 0 Å². The van der Waals surface area contributed by atoms with Gasteiger partial charge in [0.15, 0.2) is 0 Å². The number of benzene rings is 1. The Balaban J connectivity index is 0.000000720. The molecule has 0 aliphatic rings. The summed E-state index contributed by atoms with van der Waals surface area (Å²) < 4.78 is 0. The zero-order chi connectivity index (χ0) is 7.68. The third kappa shape index (κ3) is 1.91. The van der Waals surface area contributed by atoms with Crippen molar-refractivity contribution in [3.05, 3.63) is 42.1 Å². The molecule has 0 bridgehead atoms. The molecule has 2 aromatic rings. The van der Waals surface area contributed by atoms with E-state index in [1.54, 1.807) is 0 Å². The summed E-state index contributed by atoms with van der Waals surface area (Å²) in [5.41, 5.74) is 2.28. The van der Waals surface area contributed by atoms with Crippen LogP contribution in [0.3, 0.4) is 0 Å². The van der Waals surface area contributed by atoms with Crippen molar-refractivity contribution in [1.82, 2.24) is 4.98 Å². The maximum atomic E-state index is 4.10. The van der Waals surface area contributed by atoms with Gasteiger partial charge in [-0.15, -0.1) is 5.39 Å². The van der Waals surface area contributed by atoms with Gasteiger partial charge in [-0.05, 0) is 12.4 Å². The number of aryl methyl sites for hydroxylation is 1. The Bertz CT molecular complexity index is 384. The van der Waals surface area contributed by atoms with Crippen molar-refractivity contribution in [3.63, 3.8) is 0 Å². The summed E-state index contributed by atoms with van der Waals surface area (Å²) in [4.78, 5) is 4.10. The van der Waals surface area contributed by atoms with Gasteiger partial charge in [-0.25, -0.2) is 0 Å². The van der Waals surface area contributed by atoms with Crippen molar-refractivity contribution in [2.24, 2.45) is 0 Å². The van der Waals surface area contributed by atoms with Gasteiger partial charge in [-0.2, -0.15) is 12.1 Å². The Morgan fingerprint density at radius 3 is 2.92 bits per heavy atom. The maximum Gasteiger partial charge on any atom is 0 e. The van der Waals surface area contributed by atoms with Gasteiger partial charge in [0.25, 0.3) is 0 Å². The zero-order valence-electron chi connectivity index (χ0n) is 6.91. The van der Waals surface area contributed by atoms with Crippen molar-refractivity contribution in [2.75, 3.05) is 0 Å². The fourth-order valence-electron chi connectivity index (χ4n) is 1.14. The van der Waals surface area contributed by atoms with E-state index in [9.17, 15) is 0 Å². The molecular formula is C10H8NY-. The summed E-state index contributed by atoms with van der Waals surface area (Å²) in [6.45, 7) is 2.08. The van der Waals surface area contributed by atoms with Crippen molar-refractivity contribution in [3.8, 4) is 0 Å². The van der Waals surface area contributed by atoms with Crippen molar-refractivity contribution < 1.29 is 32.7 Å². The predicted octanol–water partition coefficient (Wildman–Crippen LogP) is 2.34. The smallest absolute Gasteiger partial charge is 0 e. The fourth-order valence-corrected chi connectivity index (χ4v) is 1.14. The molecule has 0 aliphatic heterocycles. The van der Waals surface area contributed by atoms with Gasteiger partial charge >= 0.3 is 0 Å². The maximum absolute atomic E-state index is 4.10. The van der Waals surface area contributed by atoms with Crippen LogP contribution in [0.15, 0.2) is 30.3 Å². The topological polar surface area (TPSA) is 12.9 Å². The van der Waals surface area contributed by atoms with Crippen LogP contribution in [0, 0.1) is 13.1 Å². The fraction of sp³-hybridized carbons (Fsp3) is 0.100. The van der Waals surface area contributed by atoms with Crippen LogP contribution < -0.4 is 0 Å². The average Bonchev–Trinajstić information content (AvgIpc) is 2.04. The minimum absolute atomic E-state index is 0. The van der Waals surface area contributed by atoms with Gasteiger partial charge in [-0.3, -0.25) is 0 Å². The quantitative estimate of drug-likeness (QED) is 0.634. The molecule has 2 heteroatoms. The molecule has 0 amide bonds. The third-order valence-corrected chi connectivity index (χ3v) is 1.71. The van der Waals surface area contributed by atoms with Gasteiger partial charge in [0, 0.05) is 32.7 Å². The Labute approximate surface area is 97.1 Å². The molecule has 1 radical (unpaired) electrons. The summed E-state index contributed by atoms with van der Waals surface area (Å²) in [7, 11) is 0. The number of hydrogen-bond donors (Lipinski definition) is 0. The molecule has 1 nitrogen and oxygen atoms in total. The van der Waals surface area contributed by atoms with Crippen LogP contribution in [-0.4, -0.2) is 4.98 Å². The summed E-state index contributed by atoms with van der Waals surface area (Å²) in [6.07, 6.45) is 2.80. The molecule has 57 valence electrons. The molecular weight excluding hydrogens is 223 g/mol. The number of hydrogen-bond acceptors (Lipinski definition) is 1. The van der Waals surface area contributed by atoms with Crippen LogP contribution in [0.2, 0.25) is 0 Å². The number of fused-ring (bicyclic) bond motifs is 1. The van der Waals surface area contributed by atoms with Gasteiger partial charge in [0.1, 0.15) is 0 Å². The van der Waals surface area contributed by atoms with E-state index in [0.717, 1.165) is 5.52 Å². The summed E-state index contributed by atoms with van der Waals surface area (Å²) >= 11 is 0. The van der Waals surface area contributed by atoms with Crippen LogP contribution >= 0.6 is 0 Å². The van der Waals surface area contributed by atoms with E-state index in [-0.39, 0.29) is 32.7 Å². The van der Waals surface area contributed by atoms with E-state index >= 15 is 0 Å². The van der Waals surface area contributed by atoms with Gasteiger partial charge in [0.05, 0.1) is 0 Å². The average molecular weight is 231 g/mol. The van der Waals surface area contributed by atoms with Gasteiger partial charge in [-0.1, -0.05) is 30.0 Å². The molecule has 12 heavy (non-hydrogen) atoms. The Morgan fingerprint density at radius 1 is 1.25 bits per heavy atom. The molecule has 0 saturated heterocycles. The van der Waals surface area contributed by atoms with Crippen molar-refractivity contribution in [1.29, 1.82) is 0 Å². The molecule has 0 spiro atoms. The molecule has 0 atom stereocenters. The second kappa shape index (κ2) is 4.11. The Morgan fingerprint density at radius 2 is 2.08 bits per heavy atom. The van der Waals surface area contributed by atoms with Crippen molar-refractivity contribution >= 4 is 10.9 Å². The predicted molar refractivity (Wildman–Crippen MR) is 45.3 cm³/mol. The van der Waals surface area contributed by atoms with Crippen LogP contribution in [0.1, 0.15) is 5.56 Å². The molecule has 1 aromatic carbocycles. The normalized spacial score (nSPS) is 9.42. The SMILES string of the molecule is Cc1ccc2n[c-]ccc2c1.[Y]. The van der Waals surface area contributed by atoms with Crippen LogP contribution in [0.25, 0.3) is 10.9 Å². The standard InChI is InChI=1S/C10H8N.Y/c1-8-4-5-10-9(7-8)3-2-6-11-10;/h2-5,7H,1H3;/q-1;. The molecule has 0 aliphatic carbocycles. The zero-order valence-corrected chi connectivity index (χ0v) is 9.75. The van der Waals surface area contributed by atoms with Crippen molar-refractivity contribution in [2.45, 2.75) is 6.92 Å². The van der Waals surface area contributed by atoms with E-state index in [2.05, 4.69) is 30.2 Å². The first-order valence-corrected chi connectivity index (χ1v) is 3.60. The second-order valence-corrected chi connectivity index (χ2v) is 2.64. The molecule has 0 saturated carbocycles. The van der Waals surface area contributed by atoms with E-state index in [1.807, 2.05) is 18.2 Å². The van der Waals surface area contributed by atoms with Gasteiger partial charge < -0.3 is 4.98 Å². The summed E-state index contributed by atoms with van der Waals surface area (Å²) in [5, 5.41) is 1.18. The monoisotopic (exact) mass is 231 g/mol. The van der Waals surface area contributed by atoms with Crippen LogP contribution in [-0.2, 0) is 32.7 Å². The van der Waals surface area contributed by atoms with E-state index in [0.29, 0.717) is 0 Å². The van der Waals surface area contributed by atoms with E-state index in [1.165, 1.54) is 10.9 Å². The number of aromatic nitrogens is 1. The Kier molecular flexibility index (Phi) is 3.36. The molecule has 1 aromatic heterocycles. The Hall–Kier alpha value is -0.266. The largest absolute Gasteiger partial charge is 0.386 e. The summed E-state index contributed by atoms with van der Waals surface area (Å²) in [5.74, 6) is 0. The molecule has 2 rings (SSSR count). The molecule has 1 heterocycles. The van der Waals surface area contributed by atoms with Crippen LogP contribution in [0.5, 0.6) is 0 Å². The number of nitrogens with zero attached hydrogens (tertiary/aromatic N) is 1. The molecule has 0 unspecified atom stereocenters. The number of rotatable bonds is 0. The summed E-state index contributed by atoms with van der Waals surface area (Å²) in [6, 6.07) is 10.1. The van der Waals surface area contributed by atoms with E-state index < -0.39 is 0 Å².